The first-order valence-corrected chi connectivity index (χ1v) is 7.99. The highest BCUT2D eigenvalue weighted by Gasteiger charge is 2.32. The number of ether oxygens (including phenoxy) is 2. The Labute approximate surface area is 145 Å². The number of hydrogen-bond acceptors (Lipinski definition) is 4. The van der Waals surface area contributed by atoms with Crippen LogP contribution in [-0.4, -0.2) is 25.8 Å². The van der Waals surface area contributed by atoms with Crippen molar-refractivity contribution < 1.29 is 19.1 Å². The van der Waals surface area contributed by atoms with Crippen molar-refractivity contribution in [1.29, 1.82) is 0 Å². The summed E-state index contributed by atoms with van der Waals surface area (Å²) in [7, 11) is 3.10. The third-order valence-electron chi connectivity index (χ3n) is 4.66. The lowest BCUT2D eigenvalue weighted by molar-refractivity contribution is 0.0984. The molecule has 25 heavy (non-hydrogen) atoms. The standard InChI is InChI=1S/C21H16O4/c1-24-20-14-9-5-6-10-15(14)21(25-2)18-16(20)11-17(22)12-7-3-4-8-13(12)19(18)23/h3-10H,11H2,1-2H3. The van der Waals surface area contributed by atoms with Gasteiger partial charge in [0.15, 0.2) is 11.6 Å². The second kappa shape index (κ2) is 5.74. The minimum absolute atomic E-state index is 0.0988. The molecule has 0 aromatic heterocycles. The first kappa shape index (κ1) is 15.4. The number of Topliss-reactive ketones (excluding diaryl/α,β-unsaturated/α-hetero) is 1. The maximum absolute atomic E-state index is 13.3. The lowest BCUT2D eigenvalue weighted by Crippen LogP contribution is -2.09. The predicted molar refractivity (Wildman–Crippen MR) is 95.0 cm³/mol. The Morgan fingerprint density at radius 2 is 1.32 bits per heavy atom. The second-order valence-electron chi connectivity index (χ2n) is 5.94. The first-order chi connectivity index (χ1) is 12.2. The van der Waals surface area contributed by atoms with Gasteiger partial charge in [-0.25, -0.2) is 0 Å². The zero-order chi connectivity index (χ0) is 17.6. The van der Waals surface area contributed by atoms with Crippen LogP contribution in [0.3, 0.4) is 0 Å². The molecule has 4 rings (SSSR count). The summed E-state index contributed by atoms with van der Waals surface area (Å²) in [5.41, 5.74) is 1.85. The van der Waals surface area contributed by atoms with Crippen molar-refractivity contribution in [2.24, 2.45) is 0 Å². The van der Waals surface area contributed by atoms with Crippen LogP contribution >= 0.6 is 0 Å². The second-order valence-corrected chi connectivity index (χ2v) is 5.94. The molecule has 0 unspecified atom stereocenters. The van der Waals surface area contributed by atoms with Crippen molar-refractivity contribution >= 4 is 22.3 Å². The van der Waals surface area contributed by atoms with E-state index in [0.29, 0.717) is 33.8 Å². The number of hydrogen-bond donors (Lipinski definition) is 0. The molecule has 1 aliphatic rings. The molecule has 3 aromatic rings. The van der Waals surface area contributed by atoms with Gasteiger partial charge in [0, 0.05) is 33.9 Å². The number of carbonyl (C=O) groups is 2. The van der Waals surface area contributed by atoms with Gasteiger partial charge in [-0.15, -0.1) is 0 Å². The molecule has 0 heterocycles. The van der Waals surface area contributed by atoms with E-state index in [9.17, 15) is 9.59 Å². The van der Waals surface area contributed by atoms with Gasteiger partial charge >= 0.3 is 0 Å². The summed E-state index contributed by atoms with van der Waals surface area (Å²) < 4.78 is 11.2. The van der Waals surface area contributed by atoms with Crippen LogP contribution in [0.1, 0.15) is 31.8 Å². The number of rotatable bonds is 2. The van der Waals surface area contributed by atoms with Crippen molar-refractivity contribution in [3.63, 3.8) is 0 Å². The van der Waals surface area contributed by atoms with E-state index in [1.165, 1.54) is 0 Å². The Bertz CT molecular complexity index is 1030. The molecule has 0 bridgehead atoms. The van der Waals surface area contributed by atoms with Gasteiger partial charge in [-0.3, -0.25) is 9.59 Å². The maximum atomic E-state index is 13.3. The number of benzene rings is 3. The molecule has 4 nitrogen and oxygen atoms in total. The number of ketones is 2. The molecule has 0 radical (unpaired) electrons. The van der Waals surface area contributed by atoms with Crippen molar-refractivity contribution in [3.8, 4) is 11.5 Å². The summed E-state index contributed by atoms with van der Waals surface area (Å²) in [5, 5.41) is 1.62. The highest BCUT2D eigenvalue weighted by atomic mass is 16.5. The van der Waals surface area contributed by atoms with Gasteiger partial charge in [0.1, 0.15) is 11.5 Å². The van der Waals surface area contributed by atoms with Crippen LogP contribution in [0, 0.1) is 0 Å². The third-order valence-corrected chi connectivity index (χ3v) is 4.66. The molecule has 0 N–H and O–H groups in total. The van der Waals surface area contributed by atoms with Gasteiger partial charge in [0.25, 0.3) is 0 Å². The van der Waals surface area contributed by atoms with E-state index in [1.54, 1.807) is 38.5 Å². The molecule has 0 spiro atoms. The lowest BCUT2D eigenvalue weighted by Gasteiger charge is -2.18. The minimum atomic E-state index is -0.211. The Hall–Kier alpha value is -3.14. The van der Waals surface area contributed by atoms with Crippen LogP contribution in [0.2, 0.25) is 0 Å². The van der Waals surface area contributed by atoms with E-state index in [-0.39, 0.29) is 18.0 Å². The quantitative estimate of drug-likeness (QED) is 0.716. The summed E-state index contributed by atoms with van der Waals surface area (Å²) in [6.45, 7) is 0. The summed E-state index contributed by atoms with van der Waals surface area (Å²) in [6, 6.07) is 14.5. The normalized spacial score (nSPS) is 13.2. The van der Waals surface area contributed by atoms with Gasteiger partial charge in [0.2, 0.25) is 0 Å². The van der Waals surface area contributed by atoms with E-state index in [2.05, 4.69) is 0 Å². The molecule has 4 heteroatoms. The topological polar surface area (TPSA) is 52.6 Å². The monoisotopic (exact) mass is 332 g/mol. The molecule has 0 fully saturated rings. The van der Waals surface area contributed by atoms with Crippen LogP contribution in [-0.2, 0) is 6.42 Å². The molecular formula is C21H16O4. The van der Waals surface area contributed by atoms with Gasteiger partial charge in [-0.1, -0.05) is 48.5 Å². The fourth-order valence-corrected chi connectivity index (χ4v) is 3.60. The molecule has 0 aliphatic heterocycles. The highest BCUT2D eigenvalue weighted by Crippen LogP contribution is 2.43. The van der Waals surface area contributed by atoms with E-state index in [4.69, 9.17) is 9.47 Å². The molecule has 0 saturated carbocycles. The summed E-state index contributed by atoms with van der Waals surface area (Å²) >= 11 is 0. The average molecular weight is 332 g/mol. The first-order valence-electron chi connectivity index (χ1n) is 7.99. The summed E-state index contributed by atoms with van der Waals surface area (Å²) in [6.07, 6.45) is 0.0997. The predicted octanol–water partition coefficient (Wildman–Crippen LogP) is 3.83. The van der Waals surface area contributed by atoms with Crippen molar-refractivity contribution in [2.45, 2.75) is 6.42 Å². The Morgan fingerprint density at radius 1 is 0.760 bits per heavy atom. The van der Waals surface area contributed by atoms with E-state index in [1.807, 2.05) is 24.3 Å². The zero-order valence-electron chi connectivity index (χ0n) is 14.0. The molecule has 0 atom stereocenters. The fraction of sp³-hybridized carbons (Fsp3) is 0.143. The van der Waals surface area contributed by atoms with Crippen LogP contribution in [0.25, 0.3) is 10.8 Å². The van der Waals surface area contributed by atoms with E-state index < -0.39 is 0 Å². The van der Waals surface area contributed by atoms with Crippen LogP contribution < -0.4 is 9.47 Å². The molecule has 0 amide bonds. The SMILES string of the molecule is COc1c2c(c(OC)c3ccccc13)C(=O)c1ccccc1C(=O)C2. The smallest absolute Gasteiger partial charge is 0.197 e. The summed E-state index contributed by atoms with van der Waals surface area (Å²) in [4.78, 5) is 26.0. The van der Waals surface area contributed by atoms with Gasteiger partial charge in [-0.2, -0.15) is 0 Å². The Morgan fingerprint density at radius 3 is 1.96 bits per heavy atom. The highest BCUT2D eigenvalue weighted by molar-refractivity contribution is 6.23. The number of methoxy groups -OCH3 is 2. The van der Waals surface area contributed by atoms with Gasteiger partial charge in [0.05, 0.1) is 19.8 Å². The maximum Gasteiger partial charge on any atom is 0.197 e. The minimum Gasteiger partial charge on any atom is -0.496 e. The average Bonchev–Trinajstić information content (AvgIpc) is 2.76. The molecule has 3 aromatic carbocycles. The Balaban J connectivity index is 2.17. The van der Waals surface area contributed by atoms with Crippen LogP contribution in [0.4, 0.5) is 0 Å². The zero-order valence-corrected chi connectivity index (χ0v) is 14.0. The van der Waals surface area contributed by atoms with Crippen molar-refractivity contribution in [1.82, 2.24) is 0 Å². The fourth-order valence-electron chi connectivity index (χ4n) is 3.60. The van der Waals surface area contributed by atoms with Gasteiger partial charge in [-0.05, 0) is 0 Å². The van der Waals surface area contributed by atoms with E-state index in [0.717, 1.165) is 10.8 Å². The van der Waals surface area contributed by atoms with E-state index >= 15 is 0 Å². The van der Waals surface area contributed by atoms with Gasteiger partial charge < -0.3 is 9.47 Å². The third kappa shape index (κ3) is 2.14. The lowest BCUT2D eigenvalue weighted by atomic mass is 9.93. The molecule has 0 saturated heterocycles. The van der Waals surface area contributed by atoms with Crippen molar-refractivity contribution in [2.75, 3.05) is 14.2 Å². The molecule has 124 valence electrons. The summed E-state index contributed by atoms with van der Waals surface area (Å²) in [5.74, 6) is 0.734. The molecular weight excluding hydrogens is 316 g/mol. The molecule has 1 aliphatic carbocycles. The number of carbonyl (C=O) groups excluding carboxylic acids is 2. The van der Waals surface area contributed by atoms with Crippen molar-refractivity contribution in [3.05, 3.63) is 70.8 Å². The number of fused-ring (bicyclic) bond motifs is 3. The largest absolute Gasteiger partial charge is 0.496 e. The van der Waals surface area contributed by atoms with Crippen LogP contribution in [0.5, 0.6) is 11.5 Å². The Kier molecular flexibility index (Phi) is 3.53. The van der Waals surface area contributed by atoms with Crippen LogP contribution in [0.15, 0.2) is 48.5 Å².